The number of likely N-dealkylation sites (tertiary alicyclic amines) is 1. The van der Waals surface area contributed by atoms with E-state index in [0.717, 1.165) is 24.0 Å². The maximum atomic E-state index is 13.4. The third-order valence-electron chi connectivity index (χ3n) is 7.65. The highest BCUT2D eigenvalue weighted by atomic mass is 16.6. The fraction of sp³-hybridized carbons (Fsp3) is 0.455. The third-order valence-corrected chi connectivity index (χ3v) is 7.65. The van der Waals surface area contributed by atoms with Crippen molar-refractivity contribution in [3.05, 3.63) is 83.9 Å². The standard InChI is InChI=1S/C33H41N3O8/c37-19-28-15-9-17-36(28)30(38)18-26-14-7-8-16-29(35-33(41)44-21-25-12-5-2-6-13-25)32(40)43-23-27(34-31(26)39)22-42-20-24-10-3-1-4-11-24/h1-8,10-13,26-29,37H,9,14-23H2,(H,34,39)(H,35,41)/t26-,27+,28+,29-/m1/s1. The Balaban J connectivity index is 1.43. The molecule has 2 heterocycles. The number of aliphatic hydroxyl groups excluding tert-OH is 1. The molecule has 2 aromatic carbocycles. The Kier molecular flexibility index (Phi) is 12.8. The summed E-state index contributed by atoms with van der Waals surface area (Å²) in [6, 6.07) is 16.7. The molecule has 0 saturated carbocycles. The number of aliphatic hydroxyl groups is 1. The molecule has 2 aromatic rings. The number of ether oxygens (including phenoxy) is 3. The molecule has 3 amide bonds. The molecule has 1 fully saturated rings. The zero-order valence-electron chi connectivity index (χ0n) is 24.8. The summed E-state index contributed by atoms with van der Waals surface area (Å²) in [4.78, 5) is 53.8. The second kappa shape index (κ2) is 17.2. The van der Waals surface area contributed by atoms with Gasteiger partial charge in [0.25, 0.3) is 0 Å². The highest BCUT2D eigenvalue weighted by Gasteiger charge is 2.32. The number of rotatable bonds is 10. The van der Waals surface area contributed by atoms with Gasteiger partial charge in [0.15, 0.2) is 0 Å². The van der Waals surface area contributed by atoms with E-state index in [1.807, 2.05) is 60.7 Å². The van der Waals surface area contributed by atoms with Crippen molar-refractivity contribution in [1.29, 1.82) is 0 Å². The van der Waals surface area contributed by atoms with Crippen molar-refractivity contribution in [3.8, 4) is 0 Å². The van der Waals surface area contributed by atoms with E-state index in [0.29, 0.717) is 13.2 Å². The van der Waals surface area contributed by atoms with Crippen LogP contribution < -0.4 is 10.6 Å². The molecular formula is C33H41N3O8. The molecule has 44 heavy (non-hydrogen) atoms. The molecule has 3 N–H and O–H groups in total. The molecule has 4 atom stereocenters. The summed E-state index contributed by atoms with van der Waals surface area (Å²) < 4.78 is 16.7. The van der Waals surface area contributed by atoms with Crippen molar-refractivity contribution in [1.82, 2.24) is 15.5 Å². The number of carbonyl (C=O) groups excluding carboxylic acids is 4. The largest absolute Gasteiger partial charge is 0.462 e. The van der Waals surface area contributed by atoms with Gasteiger partial charge in [0.2, 0.25) is 11.8 Å². The van der Waals surface area contributed by atoms with Gasteiger partial charge in [0, 0.05) is 13.0 Å². The van der Waals surface area contributed by atoms with E-state index in [2.05, 4.69) is 10.6 Å². The van der Waals surface area contributed by atoms with Gasteiger partial charge in [0.05, 0.1) is 37.8 Å². The minimum Gasteiger partial charge on any atom is -0.462 e. The summed E-state index contributed by atoms with van der Waals surface area (Å²) in [5, 5.41) is 15.2. The lowest BCUT2D eigenvalue weighted by molar-refractivity contribution is -0.148. The Hall–Kier alpha value is -4.22. The van der Waals surface area contributed by atoms with E-state index >= 15 is 0 Å². The number of benzene rings is 2. The smallest absolute Gasteiger partial charge is 0.408 e. The quantitative estimate of drug-likeness (QED) is 0.276. The zero-order valence-corrected chi connectivity index (χ0v) is 24.8. The van der Waals surface area contributed by atoms with Gasteiger partial charge in [0.1, 0.15) is 19.3 Å². The molecule has 0 radical (unpaired) electrons. The molecule has 11 nitrogen and oxygen atoms in total. The van der Waals surface area contributed by atoms with Crippen molar-refractivity contribution in [2.45, 2.75) is 63.4 Å². The predicted octanol–water partition coefficient (Wildman–Crippen LogP) is 2.87. The molecular weight excluding hydrogens is 566 g/mol. The molecule has 4 rings (SSSR count). The summed E-state index contributed by atoms with van der Waals surface area (Å²) in [6.07, 6.45) is 4.50. The Bertz CT molecular complexity index is 1260. The number of nitrogens with one attached hydrogen (secondary N) is 2. The monoisotopic (exact) mass is 607 g/mol. The van der Waals surface area contributed by atoms with Gasteiger partial charge >= 0.3 is 12.1 Å². The number of carbonyl (C=O) groups is 4. The summed E-state index contributed by atoms with van der Waals surface area (Å²) in [7, 11) is 0. The Morgan fingerprint density at radius 1 is 0.977 bits per heavy atom. The van der Waals surface area contributed by atoms with Crippen LogP contribution in [0.25, 0.3) is 0 Å². The molecule has 0 aliphatic carbocycles. The first-order chi connectivity index (χ1) is 21.4. The molecule has 2 aliphatic heterocycles. The van der Waals surface area contributed by atoms with Gasteiger partial charge in [-0.1, -0.05) is 72.8 Å². The fourth-order valence-corrected chi connectivity index (χ4v) is 5.21. The van der Waals surface area contributed by atoms with Crippen LogP contribution in [0.15, 0.2) is 72.8 Å². The number of alkyl carbamates (subject to hydrolysis) is 1. The van der Waals surface area contributed by atoms with Gasteiger partial charge in [-0.05, 0) is 36.8 Å². The average molecular weight is 608 g/mol. The molecule has 0 aromatic heterocycles. The number of hydrogen-bond acceptors (Lipinski definition) is 8. The van der Waals surface area contributed by atoms with E-state index in [9.17, 15) is 24.3 Å². The lowest BCUT2D eigenvalue weighted by Gasteiger charge is -2.27. The summed E-state index contributed by atoms with van der Waals surface area (Å²) in [5.41, 5.74) is 1.75. The number of nitrogens with zero attached hydrogens (tertiary/aromatic N) is 1. The van der Waals surface area contributed by atoms with E-state index in [1.54, 1.807) is 17.1 Å². The Morgan fingerprint density at radius 3 is 2.36 bits per heavy atom. The average Bonchev–Trinajstić information content (AvgIpc) is 3.53. The lowest BCUT2D eigenvalue weighted by Crippen LogP contribution is -2.48. The normalized spacial score (nSPS) is 22.7. The fourth-order valence-electron chi connectivity index (χ4n) is 5.21. The molecule has 236 valence electrons. The summed E-state index contributed by atoms with van der Waals surface area (Å²) >= 11 is 0. The summed E-state index contributed by atoms with van der Waals surface area (Å²) in [6.45, 7) is 0.631. The first-order valence-electron chi connectivity index (χ1n) is 15.0. The van der Waals surface area contributed by atoms with Crippen molar-refractivity contribution >= 4 is 23.9 Å². The van der Waals surface area contributed by atoms with E-state index in [-0.39, 0.29) is 63.5 Å². The first-order valence-corrected chi connectivity index (χ1v) is 15.0. The number of amides is 3. The van der Waals surface area contributed by atoms with Crippen LogP contribution in [0.2, 0.25) is 0 Å². The summed E-state index contributed by atoms with van der Waals surface area (Å²) in [5.74, 6) is -1.91. The number of cyclic esters (lactones) is 1. The Labute approximate surface area is 257 Å². The van der Waals surface area contributed by atoms with Crippen LogP contribution >= 0.6 is 0 Å². The van der Waals surface area contributed by atoms with Gasteiger partial charge < -0.3 is 34.9 Å². The minimum atomic E-state index is -1.02. The van der Waals surface area contributed by atoms with Crippen molar-refractivity contribution < 1.29 is 38.5 Å². The van der Waals surface area contributed by atoms with E-state index in [4.69, 9.17) is 14.2 Å². The van der Waals surface area contributed by atoms with Gasteiger partial charge in [-0.25, -0.2) is 9.59 Å². The topological polar surface area (TPSA) is 144 Å². The molecule has 0 spiro atoms. The van der Waals surface area contributed by atoms with Crippen LogP contribution in [0.5, 0.6) is 0 Å². The maximum Gasteiger partial charge on any atom is 0.408 e. The zero-order chi connectivity index (χ0) is 31.1. The van der Waals surface area contributed by atoms with Crippen LogP contribution in [0, 0.1) is 5.92 Å². The van der Waals surface area contributed by atoms with Crippen LogP contribution in [0.3, 0.4) is 0 Å². The Morgan fingerprint density at radius 2 is 1.66 bits per heavy atom. The van der Waals surface area contributed by atoms with Gasteiger partial charge in [-0.2, -0.15) is 0 Å². The van der Waals surface area contributed by atoms with Crippen molar-refractivity contribution in [2.75, 3.05) is 26.4 Å². The minimum absolute atomic E-state index is 0.0302. The predicted molar refractivity (Wildman–Crippen MR) is 161 cm³/mol. The highest BCUT2D eigenvalue weighted by molar-refractivity contribution is 5.86. The molecule has 2 aliphatic rings. The van der Waals surface area contributed by atoms with Crippen molar-refractivity contribution in [2.24, 2.45) is 5.92 Å². The molecule has 0 bridgehead atoms. The third kappa shape index (κ3) is 10.2. The van der Waals surface area contributed by atoms with Crippen molar-refractivity contribution in [3.63, 3.8) is 0 Å². The van der Waals surface area contributed by atoms with Crippen LogP contribution in [0.1, 0.15) is 43.2 Å². The van der Waals surface area contributed by atoms with E-state index < -0.39 is 30.1 Å². The number of hydrogen-bond donors (Lipinski definition) is 3. The highest BCUT2D eigenvalue weighted by Crippen LogP contribution is 2.21. The first kappa shape index (κ1) is 32.7. The SMILES string of the molecule is O=C(N[C@@H]1CC=CC[C@H](CC(=O)N2CCC[C@H]2CO)C(=O)N[C@@H](COCc2ccccc2)COC1=O)OCc1ccccc1. The van der Waals surface area contributed by atoms with Gasteiger partial charge in [-0.15, -0.1) is 0 Å². The van der Waals surface area contributed by atoms with Crippen LogP contribution in [-0.4, -0.2) is 78.4 Å². The van der Waals surface area contributed by atoms with Crippen LogP contribution in [-0.2, 0) is 41.8 Å². The number of allylic oxidation sites excluding steroid dienone is 1. The second-order valence-electron chi connectivity index (χ2n) is 11.0. The molecule has 0 unspecified atom stereocenters. The van der Waals surface area contributed by atoms with Crippen LogP contribution in [0.4, 0.5) is 4.79 Å². The van der Waals surface area contributed by atoms with E-state index in [1.165, 1.54) is 0 Å². The lowest BCUT2D eigenvalue weighted by atomic mass is 9.97. The van der Waals surface area contributed by atoms with Gasteiger partial charge in [-0.3, -0.25) is 9.59 Å². The second-order valence-corrected chi connectivity index (χ2v) is 11.0. The molecule has 11 heteroatoms. The number of esters is 1. The maximum absolute atomic E-state index is 13.4. The molecule has 1 saturated heterocycles.